The minimum absolute atomic E-state index is 0.353. The van der Waals surface area contributed by atoms with E-state index in [4.69, 9.17) is 17.0 Å². The molecule has 0 rings (SSSR count). The molecule has 0 saturated heterocycles. The maximum absolute atomic E-state index is 11.0. The van der Waals surface area contributed by atoms with Gasteiger partial charge in [-0.05, 0) is 25.6 Å². The standard InChI is InChI=1S/C10H19N3O2S/c1-8(2)9(14)15-7-5-6-11-10(16)12-13(3)4/h1,5-7H2,2-4H3,(H2,11,12,16). The fraction of sp³-hybridized carbons (Fsp3) is 0.600. The first-order valence-electron chi connectivity index (χ1n) is 4.98. The summed E-state index contributed by atoms with van der Waals surface area (Å²) in [6, 6.07) is 0. The molecule has 0 fully saturated rings. The smallest absolute Gasteiger partial charge is 0.333 e. The van der Waals surface area contributed by atoms with Crippen molar-refractivity contribution in [3.8, 4) is 0 Å². The van der Waals surface area contributed by atoms with E-state index in [9.17, 15) is 4.79 Å². The Balaban J connectivity index is 3.44. The second-order valence-electron chi connectivity index (χ2n) is 3.53. The Labute approximate surface area is 102 Å². The highest BCUT2D eigenvalue weighted by molar-refractivity contribution is 7.80. The van der Waals surface area contributed by atoms with Crippen molar-refractivity contribution in [3.05, 3.63) is 12.2 Å². The predicted octanol–water partition coefficient (Wildman–Crippen LogP) is 0.436. The first-order chi connectivity index (χ1) is 7.43. The summed E-state index contributed by atoms with van der Waals surface area (Å²) in [5.74, 6) is -0.353. The molecule has 0 aromatic carbocycles. The number of carbonyl (C=O) groups excluding carboxylic acids is 1. The molecular formula is C10H19N3O2S. The molecule has 0 bridgehead atoms. The molecule has 0 spiro atoms. The maximum Gasteiger partial charge on any atom is 0.333 e. The third kappa shape index (κ3) is 8.19. The van der Waals surface area contributed by atoms with Crippen molar-refractivity contribution in [3.63, 3.8) is 0 Å². The topological polar surface area (TPSA) is 53.6 Å². The molecular weight excluding hydrogens is 226 g/mol. The van der Waals surface area contributed by atoms with Gasteiger partial charge in [-0.3, -0.25) is 5.43 Å². The summed E-state index contributed by atoms with van der Waals surface area (Å²) >= 11 is 4.99. The van der Waals surface area contributed by atoms with E-state index >= 15 is 0 Å². The van der Waals surface area contributed by atoms with Gasteiger partial charge in [0.2, 0.25) is 0 Å². The fourth-order valence-corrected chi connectivity index (χ4v) is 1.09. The summed E-state index contributed by atoms with van der Waals surface area (Å²) in [4.78, 5) is 11.0. The summed E-state index contributed by atoms with van der Waals surface area (Å²) in [7, 11) is 3.70. The Bertz CT molecular complexity index is 267. The van der Waals surface area contributed by atoms with Crippen LogP contribution in [0.25, 0.3) is 0 Å². The van der Waals surface area contributed by atoms with Crippen LogP contribution in [-0.2, 0) is 9.53 Å². The molecule has 5 nitrogen and oxygen atoms in total. The van der Waals surface area contributed by atoms with Gasteiger partial charge in [-0.2, -0.15) is 0 Å². The van der Waals surface area contributed by atoms with Gasteiger partial charge in [0.1, 0.15) is 0 Å². The summed E-state index contributed by atoms with van der Waals surface area (Å²) in [6.45, 7) is 6.13. The van der Waals surface area contributed by atoms with Crippen LogP contribution in [0.15, 0.2) is 12.2 Å². The minimum Gasteiger partial charge on any atom is -0.462 e. The zero-order valence-electron chi connectivity index (χ0n) is 10.0. The van der Waals surface area contributed by atoms with Crippen molar-refractivity contribution in [2.45, 2.75) is 13.3 Å². The molecule has 0 amide bonds. The third-order valence-electron chi connectivity index (χ3n) is 1.51. The second-order valence-corrected chi connectivity index (χ2v) is 3.94. The highest BCUT2D eigenvalue weighted by atomic mass is 32.1. The van der Waals surface area contributed by atoms with Gasteiger partial charge in [-0.25, -0.2) is 9.80 Å². The highest BCUT2D eigenvalue weighted by Gasteiger charge is 2.02. The number of hydrazine groups is 1. The van der Waals surface area contributed by atoms with Gasteiger partial charge in [-0.1, -0.05) is 6.58 Å². The zero-order chi connectivity index (χ0) is 12.6. The lowest BCUT2D eigenvalue weighted by Gasteiger charge is -2.15. The number of thiocarbonyl (C=S) groups is 1. The number of hydrogen-bond donors (Lipinski definition) is 2. The van der Waals surface area contributed by atoms with Crippen molar-refractivity contribution >= 4 is 23.3 Å². The first-order valence-corrected chi connectivity index (χ1v) is 5.38. The van der Waals surface area contributed by atoms with Crippen LogP contribution in [0, 0.1) is 0 Å². The van der Waals surface area contributed by atoms with Crippen LogP contribution in [-0.4, -0.2) is 43.3 Å². The number of esters is 1. The van der Waals surface area contributed by atoms with Crippen molar-refractivity contribution in [1.29, 1.82) is 0 Å². The lowest BCUT2D eigenvalue weighted by Crippen LogP contribution is -2.43. The quantitative estimate of drug-likeness (QED) is 0.233. The SMILES string of the molecule is C=C(C)C(=O)OCCCNC(=S)NN(C)C. The Morgan fingerprint density at radius 3 is 2.62 bits per heavy atom. The van der Waals surface area contributed by atoms with Crippen molar-refractivity contribution in [1.82, 2.24) is 15.8 Å². The molecule has 2 N–H and O–H groups in total. The van der Waals surface area contributed by atoms with Crippen LogP contribution in [0.5, 0.6) is 0 Å². The second kappa shape index (κ2) is 8.06. The van der Waals surface area contributed by atoms with Crippen molar-refractivity contribution < 1.29 is 9.53 Å². The molecule has 0 unspecified atom stereocenters. The van der Waals surface area contributed by atoms with E-state index in [2.05, 4.69) is 17.3 Å². The molecule has 92 valence electrons. The molecule has 0 saturated carbocycles. The number of nitrogens with zero attached hydrogens (tertiary/aromatic N) is 1. The summed E-state index contributed by atoms with van der Waals surface area (Å²) in [5.41, 5.74) is 3.31. The molecule has 16 heavy (non-hydrogen) atoms. The number of nitrogens with one attached hydrogen (secondary N) is 2. The van der Waals surface area contributed by atoms with E-state index in [1.54, 1.807) is 11.9 Å². The molecule has 6 heteroatoms. The van der Waals surface area contributed by atoms with Gasteiger partial charge in [0.25, 0.3) is 0 Å². The van der Waals surface area contributed by atoms with Crippen LogP contribution in [0.2, 0.25) is 0 Å². The zero-order valence-corrected chi connectivity index (χ0v) is 10.8. The van der Waals surface area contributed by atoms with E-state index < -0.39 is 0 Å². The average Bonchev–Trinajstić information content (AvgIpc) is 2.15. The van der Waals surface area contributed by atoms with Crippen LogP contribution in [0.4, 0.5) is 0 Å². The van der Waals surface area contributed by atoms with Crippen LogP contribution < -0.4 is 10.7 Å². The molecule has 0 aliphatic rings. The monoisotopic (exact) mass is 245 g/mol. The predicted molar refractivity (Wildman–Crippen MR) is 67.8 cm³/mol. The number of hydrogen-bond acceptors (Lipinski definition) is 4. The van der Waals surface area contributed by atoms with E-state index in [1.165, 1.54) is 0 Å². The number of carbonyl (C=O) groups is 1. The lowest BCUT2D eigenvalue weighted by molar-refractivity contribution is -0.138. The van der Waals surface area contributed by atoms with Gasteiger partial charge < -0.3 is 10.1 Å². The van der Waals surface area contributed by atoms with Gasteiger partial charge in [-0.15, -0.1) is 0 Å². The minimum atomic E-state index is -0.353. The van der Waals surface area contributed by atoms with Crippen LogP contribution in [0.3, 0.4) is 0 Å². The average molecular weight is 245 g/mol. The van der Waals surface area contributed by atoms with Gasteiger partial charge in [0, 0.05) is 26.2 Å². The van der Waals surface area contributed by atoms with Gasteiger partial charge in [0.05, 0.1) is 6.61 Å². The van der Waals surface area contributed by atoms with E-state index in [0.29, 0.717) is 30.3 Å². The van der Waals surface area contributed by atoms with Crippen LogP contribution >= 0.6 is 12.2 Å². The van der Waals surface area contributed by atoms with Gasteiger partial charge in [0.15, 0.2) is 5.11 Å². The van der Waals surface area contributed by atoms with Crippen LogP contribution in [0.1, 0.15) is 13.3 Å². The van der Waals surface area contributed by atoms with E-state index in [-0.39, 0.29) is 5.97 Å². The van der Waals surface area contributed by atoms with Crippen molar-refractivity contribution in [2.24, 2.45) is 0 Å². The Morgan fingerprint density at radius 2 is 2.12 bits per heavy atom. The molecule has 0 aromatic heterocycles. The third-order valence-corrected chi connectivity index (χ3v) is 1.75. The normalized spacial score (nSPS) is 9.75. The molecule has 0 atom stereocenters. The highest BCUT2D eigenvalue weighted by Crippen LogP contribution is 1.92. The maximum atomic E-state index is 11.0. The molecule has 0 aliphatic heterocycles. The largest absolute Gasteiger partial charge is 0.462 e. The van der Waals surface area contributed by atoms with E-state index in [0.717, 1.165) is 0 Å². The van der Waals surface area contributed by atoms with E-state index in [1.807, 2.05) is 14.1 Å². The summed E-state index contributed by atoms with van der Waals surface area (Å²) in [5, 5.41) is 5.28. The molecule has 0 aromatic rings. The number of rotatable bonds is 6. The summed E-state index contributed by atoms with van der Waals surface area (Å²) in [6.07, 6.45) is 0.703. The molecule has 0 aliphatic carbocycles. The summed E-state index contributed by atoms with van der Waals surface area (Å²) < 4.78 is 4.91. The van der Waals surface area contributed by atoms with Crippen molar-refractivity contribution in [2.75, 3.05) is 27.2 Å². The first kappa shape index (κ1) is 14.9. The Morgan fingerprint density at radius 1 is 1.50 bits per heavy atom. The lowest BCUT2D eigenvalue weighted by atomic mass is 10.3. The number of ether oxygens (including phenoxy) is 1. The van der Waals surface area contributed by atoms with Gasteiger partial charge >= 0.3 is 5.97 Å². The fourth-order valence-electron chi connectivity index (χ4n) is 0.805. The molecule has 0 heterocycles. The molecule has 0 radical (unpaired) electrons. The Hall–Kier alpha value is -1.14. The Kier molecular flexibility index (Phi) is 7.49.